The summed E-state index contributed by atoms with van der Waals surface area (Å²) in [7, 11) is 0. The number of rotatable bonds is 4. The molecule has 0 saturated carbocycles. The summed E-state index contributed by atoms with van der Waals surface area (Å²) < 4.78 is 36.9. The molecule has 1 unspecified atom stereocenters. The molecule has 1 amide bonds. The fourth-order valence-corrected chi connectivity index (χ4v) is 1.28. The number of hydrogen-bond acceptors (Lipinski definition) is 2. The molecule has 0 heterocycles. The van der Waals surface area contributed by atoms with Crippen LogP contribution in [0.25, 0.3) is 0 Å². The minimum absolute atomic E-state index is 0. The van der Waals surface area contributed by atoms with Crippen molar-refractivity contribution in [3.8, 4) is 0 Å². The van der Waals surface area contributed by atoms with Crippen LogP contribution < -0.4 is 11.1 Å². The Hall–Kier alpha value is -1.27. The van der Waals surface area contributed by atoms with Crippen molar-refractivity contribution in [1.82, 2.24) is 5.32 Å². The van der Waals surface area contributed by atoms with Crippen molar-refractivity contribution < 1.29 is 18.0 Å². The second kappa shape index (κ2) is 7.35. The van der Waals surface area contributed by atoms with Gasteiger partial charge in [-0.1, -0.05) is 19.1 Å². The molecule has 0 fully saturated rings. The third-order valence-corrected chi connectivity index (χ3v) is 2.55. The van der Waals surface area contributed by atoms with Gasteiger partial charge in [0.15, 0.2) is 0 Å². The van der Waals surface area contributed by atoms with E-state index in [-0.39, 0.29) is 37.3 Å². The highest BCUT2D eigenvalue weighted by atomic mass is 35.5. The van der Waals surface area contributed by atoms with E-state index in [2.05, 4.69) is 5.32 Å². The van der Waals surface area contributed by atoms with Gasteiger partial charge < -0.3 is 11.1 Å². The summed E-state index contributed by atoms with van der Waals surface area (Å²) in [6.07, 6.45) is -4.34. The lowest BCUT2D eigenvalue weighted by molar-refractivity contribution is -0.137. The second-order valence-corrected chi connectivity index (χ2v) is 4.05. The maximum atomic E-state index is 12.3. The first-order chi connectivity index (χ1) is 8.34. The summed E-state index contributed by atoms with van der Waals surface area (Å²) in [6.45, 7) is 2.11. The third-order valence-electron chi connectivity index (χ3n) is 2.55. The van der Waals surface area contributed by atoms with E-state index in [1.807, 2.05) is 0 Å². The minimum atomic E-state index is -4.34. The number of alkyl halides is 3. The van der Waals surface area contributed by atoms with Crippen LogP contribution in [0.2, 0.25) is 0 Å². The highest BCUT2D eigenvalue weighted by Crippen LogP contribution is 2.28. The van der Waals surface area contributed by atoms with Crippen molar-refractivity contribution in [2.45, 2.75) is 19.6 Å². The molecule has 0 radical (unpaired) electrons. The number of nitrogens with two attached hydrogens (primary N) is 1. The highest BCUT2D eigenvalue weighted by Gasteiger charge is 2.29. The first-order valence-corrected chi connectivity index (χ1v) is 5.48. The van der Waals surface area contributed by atoms with Crippen LogP contribution in [0.1, 0.15) is 18.1 Å². The average molecular weight is 297 g/mol. The zero-order valence-corrected chi connectivity index (χ0v) is 11.1. The molecule has 3 N–H and O–H groups in total. The highest BCUT2D eigenvalue weighted by molar-refractivity contribution is 5.85. The topological polar surface area (TPSA) is 55.1 Å². The lowest BCUT2D eigenvalue weighted by Gasteiger charge is -2.11. The maximum Gasteiger partial charge on any atom is 0.416 e. The Morgan fingerprint density at radius 2 is 1.84 bits per heavy atom. The first-order valence-electron chi connectivity index (χ1n) is 5.48. The maximum absolute atomic E-state index is 12.3. The number of hydrogen-bond donors (Lipinski definition) is 2. The van der Waals surface area contributed by atoms with E-state index >= 15 is 0 Å². The fraction of sp³-hybridized carbons (Fsp3) is 0.417. The van der Waals surface area contributed by atoms with Crippen LogP contribution in [0.5, 0.6) is 0 Å². The van der Waals surface area contributed by atoms with Crippen LogP contribution in [0.15, 0.2) is 24.3 Å². The summed E-state index contributed by atoms with van der Waals surface area (Å²) in [4.78, 5) is 11.4. The van der Waals surface area contributed by atoms with Crippen LogP contribution in [-0.4, -0.2) is 12.5 Å². The fourth-order valence-electron chi connectivity index (χ4n) is 1.28. The van der Waals surface area contributed by atoms with Gasteiger partial charge >= 0.3 is 6.18 Å². The standard InChI is InChI=1S/C12H15F3N2O.ClH/c1-8(6-16)11(18)17-7-9-2-4-10(5-3-9)12(13,14)15;/h2-5,8H,6-7,16H2,1H3,(H,17,18);1H. The van der Waals surface area contributed by atoms with Crippen LogP contribution in [0.4, 0.5) is 13.2 Å². The van der Waals surface area contributed by atoms with E-state index in [1.165, 1.54) is 12.1 Å². The van der Waals surface area contributed by atoms with Crippen LogP contribution in [0, 0.1) is 5.92 Å². The minimum Gasteiger partial charge on any atom is -0.352 e. The van der Waals surface area contributed by atoms with E-state index in [4.69, 9.17) is 5.73 Å². The van der Waals surface area contributed by atoms with Gasteiger partial charge in [-0.15, -0.1) is 12.4 Å². The Morgan fingerprint density at radius 3 is 2.26 bits per heavy atom. The predicted molar refractivity (Wildman–Crippen MR) is 68.8 cm³/mol. The van der Waals surface area contributed by atoms with Crippen molar-refractivity contribution in [1.29, 1.82) is 0 Å². The molecule has 1 atom stereocenters. The SMILES string of the molecule is CC(CN)C(=O)NCc1ccc(C(F)(F)F)cc1.Cl. The number of benzene rings is 1. The molecular weight excluding hydrogens is 281 g/mol. The second-order valence-electron chi connectivity index (χ2n) is 4.05. The molecule has 108 valence electrons. The summed E-state index contributed by atoms with van der Waals surface area (Å²) >= 11 is 0. The molecule has 0 aliphatic heterocycles. The van der Waals surface area contributed by atoms with Crippen LogP contribution >= 0.6 is 12.4 Å². The molecule has 0 spiro atoms. The number of halogens is 4. The molecule has 1 aromatic carbocycles. The zero-order valence-electron chi connectivity index (χ0n) is 10.3. The van der Waals surface area contributed by atoms with Gasteiger partial charge in [-0.2, -0.15) is 13.2 Å². The summed E-state index contributed by atoms with van der Waals surface area (Å²) in [5.74, 6) is -0.517. The molecule has 19 heavy (non-hydrogen) atoms. The van der Waals surface area contributed by atoms with E-state index in [0.29, 0.717) is 5.56 Å². The Labute approximate surface area is 115 Å². The predicted octanol–water partition coefficient (Wildman–Crippen LogP) is 2.34. The molecule has 0 aliphatic carbocycles. The van der Waals surface area contributed by atoms with E-state index in [1.54, 1.807) is 6.92 Å². The van der Waals surface area contributed by atoms with Gasteiger partial charge in [0.05, 0.1) is 5.56 Å². The largest absolute Gasteiger partial charge is 0.416 e. The van der Waals surface area contributed by atoms with Gasteiger partial charge in [0.25, 0.3) is 0 Å². The smallest absolute Gasteiger partial charge is 0.352 e. The molecule has 7 heteroatoms. The normalized spacial score (nSPS) is 12.5. The molecule has 3 nitrogen and oxygen atoms in total. The van der Waals surface area contributed by atoms with Gasteiger partial charge in [0.2, 0.25) is 5.91 Å². The molecule has 1 aromatic rings. The van der Waals surface area contributed by atoms with Crippen molar-refractivity contribution >= 4 is 18.3 Å². The Bertz CT molecular complexity index is 406. The Kier molecular flexibility index (Phi) is 6.86. The summed E-state index contributed by atoms with van der Waals surface area (Å²) in [5.41, 5.74) is 5.23. The third kappa shape index (κ3) is 5.48. The van der Waals surface area contributed by atoms with Crippen LogP contribution in [-0.2, 0) is 17.5 Å². The van der Waals surface area contributed by atoms with Gasteiger partial charge in [-0.25, -0.2) is 0 Å². The number of carbonyl (C=O) groups is 1. The molecule has 0 saturated heterocycles. The molecule has 0 aromatic heterocycles. The van der Waals surface area contributed by atoms with Crippen LogP contribution in [0.3, 0.4) is 0 Å². The number of amides is 1. The van der Waals surface area contributed by atoms with Gasteiger partial charge in [0, 0.05) is 19.0 Å². The number of nitrogens with one attached hydrogen (secondary N) is 1. The van der Waals surface area contributed by atoms with E-state index in [9.17, 15) is 18.0 Å². The molecule has 0 aliphatic rings. The summed E-state index contributed by atoms with van der Waals surface area (Å²) in [6, 6.07) is 4.67. The van der Waals surface area contributed by atoms with Crippen molar-refractivity contribution in [3.05, 3.63) is 35.4 Å². The molecule has 1 rings (SSSR count). The van der Waals surface area contributed by atoms with Gasteiger partial charge in [-0.05, 0) is 17.7 Å². The number of carbonyl (C=O) groups excluding carboxylic acids is 1. The average Bonchev–Trinajstić information content (AvgIpc) is 2.34. The lowest BCUT2D eigenvalue weighted by atomic mass is 10.1. The van der Waals surface area contributed by atoms with Crippen molar-refractivity contribution in [2.75, 3.05) is 6.54 Å². The van der Waals surface area contributed by atoms with Crippen molar-refractivity contribution in [2.24, 2.45) is 11.7 Å². The Balaban J connectivity index is 0.00000324. The van der Waals surface area contributed by atoms with Gasteiger partial charge in [-0.3, -0.25) is 4.79 Å². The summed E-state index contributed by atoms with van der Waals surface area (Å²) in [5, 5.41) is 2.61. The van der Waals surface area contributed by atoms with Crippen molar-refractivity contribution in [3.63, 3.8) is 0 Å². The quantitative estimate of drug-likeness (QED) is 0.896. The van der Waals surface area contributed by atoms with Gasteiger partial charge in [0.1, 0.15) is 0 Å². The Morgan fingerprint density at radius 1 is 1.32 bits per heavy atom. The molecular formula is C12H16ClF3N2O. The van der Waals surface area contributed by atoms with E-state index < -0.39 is 11.7 Å². The lowest BCUT2D eigenvalue weighted by Crippen LogP contribution is -2.32. The zero-order chi connectivity index (χ0) is 13.8. The molecule has 0 bridgehead atoms. The van der Waals surface area contributed by atoms with E-state index in [0.717, 1.165) is 12.1 Å². The monoisotopic (exact) mass is 296 g/mol. The first kappa shape index (κ1) is 17.7.